The number of ether oxygens (including phenoxy) is 1. The zero-order chi connectivity index (χ0) is 19.6. The van der Waals surface area contributed by atoms with Crippen LogP contribution in [0, 0.1) is 6.92 Å². The van der Waals surface area contributed by atoms with E-state index in [1.54, 1.807) is 0 Å². The molecule has 0 unspecified atom stereocenters. The first-order valence-electron chi connectivity index (χ1n) is 10.1. The first-order chi connectivity index (χ1) is 14.3. The Labute approximate surface area is 170 Å². The van der Waals surface area contributed by atoms with Crippen molar-refractivity contribution in [3.05, 3.63) is 71.4 Å². The highest BCUT2D eigenvalue weighted by atomic mass is 16.5. The Bertz CT molecular complexity index is 1110. The molecule has 0 spiro atoms. The van der Waals surface area contributed by atoms with Gasteiger partial charge < -0.3 is 9.72 Å². The number of H-pyrrole nitrogens is 1. The van der Waals surface area contributed by atoms with Gasteiger partial charge in [0.25, 0.3) is 0 Å². The zero-order valence-corrected chi connectivity index (χ0v) is 16.6. The van der Waals surface area contributed by atoms with E-state index in [0.717, 1.165) is 61.1 Å². The van der Waals surface area contributed by atoms with E-state index in [9.17, 15) is 0 Å². The van der Waals surface area contributed by atoms with Gasteiger partial charge in [-0.05, 0) is 24.1 Å². The summed E-state index contributed by atoms with van der Waals surface area (Å²) in [6, 6.07) is 19.0. The van der Waals surface area contributed by atoms with Crippen LogP contribution in [0.15, 0.2) is 54.6 Å². The minimum Gasteiger partial charge on any atom is -0.379 e. The third-order valence-corrected chi connectivity index (χ3v) is 5.45. The molecule has 3 heterocycles. The highest BCUT2D eigenvalue weighted by Crippen LogP contribution is 2.24. The third-order valence-electron chi connectivity index (χ3n) is 5.45. The maximum atomic E-state index is 5.46. The second-order valence-corrected chi connectivity index (χ2v) is 7.60. The van der Waals surface area contributed by atoms with Gasteiger partial charge in [0, 0.05) is 25.2 Å². The van der Waals surface area contributed by atoms with Gasteiger partial charge in [-0.2, -0.15) is 5.10 Å². The lowest BCUT2D eigenvalue weighted by Crippen LogP contribution is -2.35. The molecular weight excluding hydrogens is 362 g/mol. The fourth-order valence-electron chi connectivity index (χ4n) is 3.92. The predicted octanol–water partition coefficient (Wildman–Crippen LogP) is 3.62. The number of hydrogen-bond donors (Lipinski definition) is 1. The van der Waals surface area contributed by atoms with Gasteiger partial charge in [-0.15, -0.1) is 0 Å². The van der Waals surface area contributed by atoms with E-state index in [1.807, 2.05) is 17.7 Å². The molecule has 0 aliphatic carbocycles. The van der Waals surface area contributed by atoms with Crippen molar-refractivity contribution in [2.45, 2.75) is 20.0 Å². The van der Waals surface area contributed by atoms with Crippen LogP contribution in [0.1, 0.15) is 16.8 Å². The maximum Gasteiger partial charge on any atom is 0.177 e. The second kappa shape index (κ2) is 7.81. The maximum absolute atomic E-state index is 5.46. The molecule has 2 aromatic carbocycles. The van der Waals surface area contributed by atoms with Gasteiger partial charge in [0.05, 0.1) is 25.5 Å². The molecule has 0 amide bonds. The quantitative estimate of drug-likeness (QED) is 0.568. The lowest BCUT2D eigenvalue weighted by atomic mass is 10.1. The van der Waals surface area contributed by atoms with Crippen molar-refractivity contribution in [2.24, 2.45) is 0 Å². The smallest absolute Gasteiger partial charge is 0.177 e. The number of nitrogens with one attached hydrogen (secondary N) is 1. The summed E-state index contributed by atoms with van der Waals surface area (Å²) in [5.74, 6) is 0.895. The molecule has 0 bridgehead atoms. The molecule has 2 aromatic heterocycles. The molecule has 6 nitrogen and oxygen atoms in total. The Kier molecular flexibility index (Phi) is 4.87. The summed E-state index contributed by atoms with van der Waals surface area (Å²) in [6.07, 6.45) is 0. The highest BCUT2D eigenvalue weighted by molar-refractivity contribution is 5.79. The molecule has 29 heavy (non-hydrogen) atoms. The molecule has 1 aliphatic heterocycles. The van der Waals surface area contributed by atoms with Crippen molar-refractivity contribution in [1.82, 2.24) is 24.6 Å². The molecule has 5 rings (SSSR count). The zero-order valence-electron chi connectivity index (χ0n) is 16.6. The fraction of sp³-hybridized carbons (Fsp3) is 0.304. The highest BCUT2D eigenvalue weighted by Gasteiger charge is 2.15. The van der Waals surface area contributed by atoms with Gasteiger partial charge in [0.1, 0.15) is 11.3 Å². The van der Waals surface area contributed by atoms with E-state index in [-0.39, 0.29) is 0 Å². The fourth-order valence-corrected chi connectivity index (χ4v) is 3.92. The molecule has 0 atom stereocenters. The van der Waals surface area contributed by atoms with Crippen LogP contribution in [0.3, 0.4) is 0 Å². The van der Waals surface area contributed by atoms with Crippen molar-refractivity contribution >= 4 is 11.2 Å². The summed E-state index contributed by atoms with van der Waals surface area (Å²) in [7, 11) is 0. The summed E-state index contributed by atoms with van der Waals surface area (Å²) < 4.78 is 7.44. The van der Waals surface area contributed by atoms with E-state index in [0.29, 0.717) is 6.54 Å². The Morgan fingerprint density at radius 2 is 1.76 bits per heavy atom. The van der Waals surface area contributed by atoms with Crippen LogP contribution >= 0.6 is 0 Å². The predicted molar refractivity (Wildman–Crippen MR) is 114 cm³/mol. The van der Waals surface area contributed by atoms with E-state index < -0.39 is 0 Å². The van der Waals surface area contributed by atoms with E-state index in [2.05, 4.69) is 63.5 Å². The SMILES string of the molecule is Cc1nn(Cc2ccccc2)c2nc(-c3cccc(CN4CCOCC4)c3)[nH]c12. The largest absolute Gasteiger partial charge is 0.379 e. The minimum absolute atomic E-state index is 0.715. The standard InChI is InChI=1S/C23H25N5O/c1-17-21-23(28(26-17)16-18-6-3-2-4-7-18)25-22(24-21)20-9-5-8-19(14-20)15-27-10-12-29-13-11-27/h2-9,14H,10-13,15-16H2,1H3,(H,24,25). The average Bonchev–Trinajstić information content (AvgIpc) is 3.31. The average molecular weight is 387 g/mol. The third kappa shape index (κ3) is 3.81. The number of benzene rings is 2. The van der Waals surface area contributed by atoms with Crippen molar-refractivity contribution < 1.29 is 4.74 Å². The number of hydrogen-bond acceptors (Lipinski definition) is 4. The van der Waals surface area contributed by atoms with Crippen molar-refractivity contribution in [3.63, 3.8) is 0 Å². The number of morpholine rings is 1. The first-order valence-corrected chi connectivity index (χ1v) is 10.1. The number of rotatable bonds is 5. The van der Waals surface area contributed by atoms with E-state index in [4.69, 9.17) is 9.72 Å². The molecule has 1 aliphatic rings. The molecular formula is C23H25N5O. The van der Waals surface area contributed by atoms with Gasteiger partial charge in [-0.25, -0.2) is 9.67 Å². The van der Waals surface area contributed by atoms with Gasteiger partial charge in [0.2, 0.25) is 0 Å². The first kappa shape index (κ1) is 18.1. The lowest BCUT2D eigenvalue weighted by molar-refractivity contribution is 0.0342. The summed E-state index contributed by atoms with van der Waals surface area (Å²) in [5.41, 5.74) is 6.51. The molecule has 1 N–H and O–H groups in total. The van der Waals surface area contributed by atoms with Crippen LogP contribution < -0.4 is 0 Å². The lowest BCUT2D eigenvalue weighted by Gasteiger charge is -2.26. The van der Waals surface area contributed by atoms with Crippen LogP contribution in [-0.2, 0) is 17.8 Å². The molecule has 1 saturated heterocycles. The Morgan fingerprint density at radius 1 is 0.966 bits per heavy atom. The second-order valence-electron chi connectivity index (χ2n) is 7.60. The molecule has 6 heteroatoms. The van der Waals surface area contributed by atoms with Gasteiger partial charge in [-0.1, -0.05) is 48.5 Å². The summed E-state index contributed by atoms with van der Waals surface area (Å²) in [4.78, 5) is 10.8. The minimum atomic E-state index is 0.715. The van der Waals surface area contributed by atoms with Crippen molar-refractivity contribution in [3.8, 4) is 11.4 Å². The van der Waals surface area contributed by atoms with Crippen LogP contribution in [-0.4, -0.2) is 51.0 Å². The van der Waals surface area contributed by atoms with Gasteiger partial charge in [0.15, 0.2) is 5.65 Å². The monoisotopic (exact) mass is 387 g/mol. The van der Waals surface area contributed by atoms with E-state index in [1.165, 1.54) is 11.1 Å². The topological polar surface area (TPSA) is 59.0 Å². The Hall–Kier alpha value is -2.96. The molecule has 0 saturated carbocycles. The Morgan fingerprint density at radius 3 is 2.59 bits per heavy atom. The summed E-state index contributed by atoms with van der Waals surface area (Å²) in [6.45, 7) is 7.30. The summed E-state index contributed by atoms with van der Waals surface area (Å²) in [5, 5.41) is 4.68. The number of aromatic nitrogens is 4. The normalized spacial score (nSPS) is 15.2. The van der Waals surface area contributed by atoms with Crippen LogP contribution in [0.25, 0.3) is 22.6 Å². The van der Waals surface area contributed by atoms with Crippen LogP contribution in [0.2, 0.25) is 0 Å². The van der Waals surface area contributed by atoms with Crippen LogP contribution in [0.4, 0.5) is 0 Å². The Balaban J connectivity index is 1.43. The van der Waals surface area contributed by atoms with Crippen LogP contribution in [0.5, 0.6) is 0 Å². The van der Waals surface area contributed by atoms with Crippen molar-refractivity contribution in [1.29, 1.82) is 0 Å². The number of aryl methyl sites for hydroxylation is 1. The van der Waals surface area contributed by atoms with Gasteiger partial charge >= 0.3 is 0 Å². The molecule has 4 aromatic rings. The number of fused-ring (bicyclic) bond motifs is 1. The van der Waals surface area contributed by atoms with E-state index >= 15 is 0 Å². The molecule has 148 valence electrons. The molecule has 0 radical (unpaired) electrons. The number of imidazole rings is 1. The van der Waals surface area contributed by atoms with Crippen molar-refractivity contribution in [2.75, 3.05) is 26.3 Å². The molecule has 1 fully saturated rings. The van der Waals surface area contributed by atoms with Gasteiger partial charge in [-0.3, -0.25) is 4.90 Å². The number of nitrogens with zero attached hydrogens (tertiary/aromatic N) is 4. The number of aromatic amines is 1. The summed E-state index contributed by atoms with van der Waals surface area (Å²) >= 11 is 0.